The Hall–Kier alpha value is -0.730. The molecule has 1 aromatic rings. The van der Waals surface area contributed by atoms with Gasteiger partial charge in [-0.25, -0.2) is 0 Å². The highest BCUT2D eigenvalue weighted by Gasteiger charge is 2.02. The van der Waals surface area contributed by atoms with E-state index in [1.54, 1.807) is 12.1 Å². The van der Waals surface area contributed by atoms with Crippen molar-refractivity contribution in [1.29, 1.82) is 5.41 Å². The molecule has 4 heteroatoms. The highest BCUT2D eigenvalue weighted by molar-refractivity contribution is 6.42. The molecule has 0 saturated carbocycles. The average Bonchev–Trinajstić information content (AvgIpc) is 2.11. The maximum absolute atomic E-state index is 7.30. The van der Waals surface area contributed by atoms with Crippen molar-refractivity contribution >= 4 is 29.1 Å². The number of rotatable bonds is 2. The van der Waals surface area contributed by atoms with Gasteiger partial charge in [0, 0.05) is 6.42 Å². The monoisotopic (exact) mass is 217 g/mol. The SMILES string of the molecule is COC(=N)Cc1ccc(Cl)c(Cl)c1. The summed E-state index contributed by atoms with van der Waals surface area (Å²) in [5, 5.41) is 8.33. The lowest BCUT2D eigenvalue weighted by atomic mass is 10.1. The van der Waals surface area contributed by atoms with Crippen molar-refractivity contribution < 1.29 is 4.74 Å². The van der Waals surface area contributed by atoms with Crippen molar-refractivity contribution in [3.8, 4) is 0 Å². The molecule has 70 valence electrons. The molecule has 1 aromatic carbocycles. The summed E-state index contributed by atoms with van der Waals surface area (Å²) in [6.07, 6.45) is 0.438. The van der Waals surface area contributed by atoms with Gasteiger partial charge in [0.25, 0.3) is 0 Å². The molecule has 1 rings (SSSR count). The van der Waals surface area contributed by atoms with Crippen LogP contribution in [0.15, 0.2) is 18.2 Å². The smallest absolute Gasteiger partial charge is 0.184 e. The van der Waals surface area contributed by atoms with Gasteiger partial charge in [-0.1, -0.05) is 29.3 Å². The maximum atomic E-state index is 7.30. The number of halogens is 2. The minimum absolute atomic E-state index is 0.207. The second kappa shape index (κ2) is 4.49. The second-order valence-electron chi connectivity index (χ2n) is 2.55. The van der Waals surface area contributed by atoms with Crippen molar-refractivity contribution in [3.05, 3.63) is 33.8 Å². The zero-order valence-electron chi connectivity index (χ0n) is 7.10. The minimum atomic E-state index is 0.207. The van der Waals surface area contributed by atoms with Gasteiger partial charge in [-0.2, -0.15) is 0 Å². The summed E-state index contributed by atoms with van der Waals surface area (Å²) in [5.41, 5.74) is 0.918. The largest absolute Gasteiger partial charge is 0.484 e. The molecule has 0 amide bonds. The number of nitrogens with one attached hydrogen (secondary N) is 1. The van der Waals surface area contributed by atoms with Crippen LogP contribution in [0.3, 0.4) is 0 Å². The van der Waals surface area contributed by atoms with Crippen LogP contribution >= 0.6 is 23.2 Å². The molecular weight excluding hydrogens is 209 g/mol. The van der Waals surface area contributed by atoms with Crippen LogP contribution in [0.25, 0.3) is 0 Å². The molecule has 0 spiro atoms. The first-order valence-electron chi connectivity index (χ1n) is 3.69. The molecule has 0 aromatic heterocycles. The summed E-state index contributed by atoms with van der Waals surface area (Å²) in [5.74, 6) is 0.207. The van der Waals surface area contributed by atoms with E-state index in [9.17, 15) is 0 Å². The van der Waals surface area contributed by atoms with Gasteiger partial charge in [0.1, 0.15) is 0 Å². The molecule has 2 nitrogen and oxygen atoms in total. The second-order valence-corrected chi connectivity index (χ2v) is 3.37. The van der Waals surface area contributed by atoms with E-state index in [0.29, 0.717) is 16.5 Å². The number of methoxy groups -OCH3 is 1. The third kappa shape index (κ3) is 2.90. The third-order valence-corrected chi connectivity index (χ3v) is 2.33. The standard InChI is InChI=1S/C9H9Cl2NO/c1-13-9(12)5-6-2-3-7(10)8(11)4-6/h2-4,12H,5H2,1H3. The highest BCUT2D eigenvalue weighted by atomic mass is 35.5. The molecule has 0 heterocycles. The summed E-state index contributed by atoms with van der Waals surface area (Å²) >= 11 is 11.5. The van der Waals surface area contributed by atoms with Gasteiger partial charge >= 0.3 is 0 Å². The number of hydrogen-bond donors (Lipinski definition) is 1. The molecule has 13 heavy (non-hydrogen) atoms. The summed E-state index contributed by atoms with van der Waals surface area (Å²) in [6, 6.07) is 5.27. The lowest BCUT2D eigenvalue weighted by molar-refractivity contribution is 0.390. The summed E-state index contributed by atoms with van der Waals surface area (Å²) < 4.78 is 4.73. The van der Waals surface area contributed by atoms with Crippen LogP contribution in [0.5, 0.6) is 0 Å². The fourth-order valence-electron chi connectivity index (χ4n) is 0.907. The van der Waals surface area contributed by atoms with Crippen LogP contribution in [0.2, 0.25) is 10.0 Å². The molecule has 0 atom stereocenters. The van der Waals surface area contributed by atoms with E-state index in [1.165, 1.54) is 7.11 Å². The molecular formula is C9H9Cl2NO. The van der Waals surface area contributed by atoms with Crippen LogP contribution in [0.4, 0.5) is 0 Å². The molecule has 0 aliphatic carbocycles. The van der Waals surface area contributed by atoms with Crippen LogP contribution in [0, 0.1) is 5.41 Å². The van der Waals surface area contributed by atoms with Crippen molar-refractivity contribution in [2.75, 3.05) is 7.11 Å². The van der Waals surface area contributed by atoms with Gasteiger partial charge in [0.05, 0.1) is 17.2 Å². The van der Waals surface area contributed by atoms with Gasteiger partial charge in [0.2, 0.25) is 0 Å². The fraction of sp³-hybridized carbons (Fsp3) is 0.222. The van der Waals surface area contributed by atoms with Crippen molar-refractivity contribution in [2.45, 2.75) is 6.42 Å². The molecule has 1 N–H and O–H groups in total. The van der Waals surface area contributed by atoms with E-state index in [2.05, 4.69) is 0 Å². The molecule has 0 radical (unpaired) electrons. The quantitative estimate of drug-likeness (QED) is 0.600. The molecule has 0 unspecified atom stereocenters. The minimum Gasteiger partial charge on any atom is -0.484 e. The van der Waals surface area contributed by atoms with Crippen LogP contribution in [0.1, 0.15) is 5.56 Å². The van der Waals surface area contributed by atoms with Crippen molar-refractivity contribution in [1.82, 2.24) is 0 Å². The summed E-state index contributed by atoms with van der Waals surface area (Å²) in [7, 11) is 1.47. The normalized spacial score (nSPS) is 9.77. The Kier molecular flexibility index (Phi) is 3.58. The Balaban J connectivity index is 2.79. The van der Waals surface area contributed by atoms with E-state index >= 15 is 0 Å². The topological polar surface area (TPSA) is 33.1 Å². The van der Waals surface area contributed by atoms with E-state index in [4.69, 9.17) is 33.3 Å². The van der Waals surface area contributed by atoms with E-state index in [1.807, 2.05) is 6.07 Å². The predicted molar refractivity (Wildman–Crippen MR) is 54.9 cm³/mol. The zero-order valence-corrected chi connectivity index (χ0v) is 8.62. The average molecular weight is 218 g/mol. The van der Waals surface area contributed by atoms with Crippen LogP contribution in [-0.2, 0) is 11.2 Å². The van der Waals surface area contributed by atoms with Gasteiger partial charge in [-0.05, 0) is 17.7 Å². The molecule has 0 aliphatic heterocycles. The Labute approximate surface area is 86.9 Å². The van der Waals surface area contributed by atoms with Gasteiger partial charge in [0.15, 0.2) is 5.90 Å². The first-order chi connectivity index (χ1) is 6.13. The van der Waals surface area contributed by atoms with Crippen LogP contribution in [-0.4, -0.2) is 13.0 Å². The third-order valence-electron chi connectivity index (χ3n) is 1.60. The number of benzene rings is 1. The number of hydrogen-bond acceptors (Lipinski definition) is 2. The Morgan fingerprint density at radius 1 is 1.38 bits per heavy atom. The summed E-state index contributed by atoms with van der Waals surface area (Å²) in [4.78, 5) is 0. The molecule has 0 aliphatic rings. The van der Waals surface area contributed by atoms with Gasteiger partial charge < -0.3 is 4.74 Å². The maximum Gasteiger partial charge on any atom is 0.184 e. The Morgan fingerprint density at radius 3 is 2.62 bits per heavy atom. The van der Waals surface area contributed by atoms with Crippen LogP contribution < -0.4 is 0 Å². The molecule has 0 bridgehead atoms. The van der Waals surface area contributed by atoms with Crippen molar-refractivity contribution in [2.24, 2.45) is 0 Å². The first kappa shape index (κ1) is 10.4. The fourth-order valence-corrected chi connectivity index (χ4v) is 1.23. The van der Waals surface area contributed by atoms with E-state index in [-0.39, 0.29) is 5.90 Å². The Bertz CT molecular complexity index is 325. The lowest BCUT2D eigenvalue weighted by Crippen LogP contribution is -2.03. The summed E-state index contributed by atoms with van der Waals surface area (Å²) in [6.45, 7) is 0. The van der Waals surface area contributed by atoms with Crippen molar-refractivity contribution in [3.63, 3.8) is 0 Å². The van der Waals surface area contributed by atoms with E-state index < -0.39 is 0 Å². The van der Waals surface area contributed by atoms with E-state index in [0.717, 1.165) is 5.56 Å². The predicted octanol–water partition coefficient (Wildman–Crippen LogP) is 3.16. The molecule has 0 fully saturated rings. The zero-order chi connectivity index (χ0) is 9.84. The number of ether oxygens (including phenoxy) is 1. The Morgan fingerprint density at radius 2 is 2.08 bits per heavy atom. The lowest BCUT2D eigenvalue weighted by Gasteiger charge is -2.03. The first-order valence-corrected chi connectivity index (χ1v) is 4.44. The molecule has 0 saturated heterocycles. The highest BCUT2D eigenvalue weighted by Crippen LogP contribution is 2.22. The van der Waals surface area contributed by atoms with Gasteiger partial charge in [-0.15, -0.1) is 0 Å². The van der Waals surface area contributed by atoms with Gasteiger partial charge in [-0.3, -0.25) is 5.41 Å².